The molecule has 0 unspecified atom stereocenters. The van der Waals surface area contributed by atoms with Crippen LogP contribution in [0.3, 0.4) is 0 Å². The lowest BCUT2D eigenvalue weighted by Crippen LogP contribution is -2.17. The van der Waals surface area contributed by atoms with E-state index in [0.717, 1.165) is 6.42 Å². The van der Waals surface area contributed by atoms with Crippen LogP contribution in [-0.2, 0) is 4.74 Å². The molecule has 0 spiro atoms. The number of anilines is 1. The Balaban J connectivity index is 2.09. The Morgan fingerprint density at radius 2 is 2.47 bits per heavy atom. The smallest absolute Gasteiger partial charge is 0.261 e. The van der Waals surface area contributed by atoms with E-state index in [1.807, 2.05) is 6.92 Å². The van der Waals surface area contributed by atoms with Crippen LogP contribution in [-0.4, -0.2) is 32.4 Å². The molecule has 1 saturated heterocycles. The van der Waals surface area contributed by atoms with Crippen molar-refractivity contribution in [3.05, 3.63) is 22.6 Å². The van der Waals surface area contributed by atoms with Crippen molar-refractivity contribution in [2.24, 2.45) is 5.92 Å². The van der Waals surface area contributed by atoms with Crippen molar-refractivity contribution in [3.63, 3.8) is 0 Å². The standard InChI is InChI=1S/C12H16N4O3/c1-6-4-7(5-17)19-11(6)16-3-2-8-9(16)14-12(13)15-10(8)18/h2-3,6-7,11,17H,4-5H2,1H3,(H3,13,14,15,18)/t6-,7-,11+/m0/s1. The predicted molar refractivity (Wildman–Crippen MR) is 69.5 cm³/mol. The summed E-state index contributed by atoms with van der Waals surface area (Å²) in [5, 5.41) is 9.66. The van der Waals surface area contributed by atoms with Crippen LogP contribution in [0.25, 0.3) is 11.0 Å². The van der Waals surface area contributed by atoms with E-state index >= 15 is 0 Å². The molecule has 3 rings (SSSR count). The van der Waals surface area contributed by atoms with E-state index in [1.165, 1.54) is 0 Å². The number of hydrogen-bond acceptors (Lipinski definition) is 5. The van der Waals surface area contributed by atoms with Gasteiger partial charge in [0.1, 0.15) is 6.23 Å². The average molecular weight is 264 g/mol. The van der Waals surface area contributed by atoms with E-state index < -0.39 is 0 Å². The summed E-state index contributed by atoms with van der Waals surface area (Å²) in [6.07, 6.45) is 2.15. The highest BCUT2D eigenvalue weighted by atomic mass is 16.5. The molecular formula is C12H16N4O3. The first-order valence-electron chi connectivity index (χ1n) is 6.23. The van der Waals surface area contributed by atoms with Gasteiger partial charge < -0.3 is 20.1 Å². The van der Waals surface area contributed by atoms with Crippen molar-refractivity contribution in [2.75, 3.05) is 12.3 Å². The van der Waals surface area contributed by atoms with Crippen LogP contribution in [0.2, 0.25) is 0 Å². The van der Waals surface area contributed by atoms with Crippen molar-refractivity contribution in [1.82, 2.24) is 14.5 Å². The van der Waals surface area contributed by atoms with Gasteiger partial charge in [-0.25, -0.2) is 0 Å². The van der Waals surface area contributed by atoms with Gasteiger partial charge in [0.25, 0.3) is 5.56 Å². The third kappa shape index (κ3) is 1.91. The van der Waals surface area contributed by atoms with Gasteiger partial charge in [0.05, 0.1) is 18.1 Å². The van der Waals surface area contributed by atoms with Crippen molar-refractivity contribution in [3.8, 4) is 0 Å². The molecule has 1 aliphatic heterocycles. The van der Waals surface area contributed by atoms with Gasteiger partial charge in [0.15, 0.2) is 5.65 Å². The highest BCUT2D eigenvalue weighted by Gasteiger charge is 2.33. The summed E-state index contributed by atoms with van der Waals surface area (Å²) >= 11 is 0. The molecule has 0 radical (unpaired) electrons. The fourth-order valence-electron chi connectivity index (χ4n) is 2.64. The fourth-order valence-corrected chi connectivity index (χ4v) is 2.64. The number of nitrogens with one attached hydrogen (secondary N) is 1. The average Bonchev–Trinajstić information content (AvgIpc) is 2.92. The van der Waals surface area contributed by atoms with Gasteiger partial charge in [0.2, 0.25) is 5.95 Å². The van der Waals surface area contributed by atoms with Gasteiger partial charge in [-0.05, 0) is 12.5 Å². The molecule has 4 N–H and O–H groups in total. The van der Waals surface area contributed by atoms with Gasteiger partial charge in [0, 0.05) is 12.1 Å². The maximum atomic E-state index is 11.8. The van der Waals surface area contributed by atoms with Gasteiger partial charge in [-0.15, -0.1) is 0 Å². The van der Waals surface area contributed by atoms with Gasteiger partial charge in [-0.3, -0.25) is 9.78 Å². The zero-order valence-electron chi connectivity index (χ0n) is 10.5. The van der Waals surface area contributed by atoms with Crippen LogP contribution in [0, 0.1) is 5.92 Å². The maximum absolute atomic E-state index is 11.8. The minimum absolute atomic E-state index is 0.00378. The lowest BCUT2D eigenvalue weighted by atomic mass is 10.1. The number of nitrogens with zero attached hydrogens (tertiary/aromatic N) is 2. The molecule has 3 atom stereocenters. The van der Waals surface area contributed by atoms with E-state index in [0.29, 0.717) is 11.0 Å². The second-order valence-corrected chi connectivity index (χ2v) is 4.96. The number of nitrogen functional groups attached to an aromatic ring is 1. The molecule has 2 aromatic rings. The second-order valence-electron chi connectivity index (χ2n) is 4.96. The molecule has 0 amide bonds. The molecule has 0 aliphatic carbocycles. The Bertz CT molecular complexity index is 663. The van der Waals surface area contributed by atoms with E-state index in [-0.39, 0.29) is 36.4 Å². The van der Waals surface area contributed by atoms with Gasteiger partial charge in [-0.1, -0.05) is 6.92 Å². The molecule has 3 heterocycles. The summed E-state index contributed by atoms with van der Waals surface area (Å²) in [5.41, 5.74) is 5.83. The Hall–Kier alpha value is -1.86. The third-order valence-electron chi connectivity index (χ3n) is 3.53. The molecule has 7 nitrogen and oxygen atoms in total. The first-order valence-corrected chi connectivity index (χ1v) is 6.23. The lowest BCUT2D eigenvalue weighted by molar-refractivity contribution is -0.0291. The van der Waals surface area contributed by atoms with E-state index in [1.54, 1.807) is 16.8 Å². The number of rotatable bonds is 2. The molecular weight excluding hydrogens is 248 g/mol. The highest BCUT2D eigenvalue weighted by molar-refractivity contribution is 5.76. The SMILES string of the molecule is C[C@H]1C[C@@H](CO)O[C@H]1n1ccc2c(=O)[nH]c(N)nc21. The van der Waals surface area contributed by atoms with Crippen molar-refractivity contribution in [2.45, 2.75) is 25.7 Å². The molecule has 0 bridgehead atoms. The summed E-state index contributed by atoms with van der Waals surface area (Å²) in [6, 6.07) is 1.70. The Labute approximate surface area is 109 Å². The summed E-state index contributed by atoms with van der Waals surface area (Å²) in [6.45, 7) is 2.04. The summed E-state index contributed by atoms with van der Waals surface area (Å²) in [5.74, 6) is 0.317. The maximum Gasteiger partial charge on any atom is 0.261 e. The highest BCUT2D eigenvalue weighted by Crippen LogP contribution is 2.35. The topological polar surface area (TPSA) is 106 Å². The number of H-pyrrole nitrogens is 1. The van der Waals surface area contributed by atoms with Crippen molar-refractivity contribution in [1.29, 1.82) is 0 Å². The molecule has 0 saturated carbocycles. The number of aromatic amines is 1. The van der Waals surface area contributed by atoms with Crippen LogP contribution in [0.15, 0.2) is 17.1 Å². The second kappa shape index (κ2) is 4.36. The molecule has 7 heteroatoms. The summed E-state index contributed by atoms with van der Waals surface area (Å²) in [7, 11) is 0. The molecule has 1 fully saturated rings. The number of aliphatic hydroxyl groups excluding tert-OH is 1. The molecule has 19 heavy (non-hydrogen) atoms. The number of hydrogen-bond donors (Lipinski definition) is 3. The number of nitrogens with two attached hydrogens (primary N) is 1. The van der Waals surface area contributed by atoms with Crippen LogP contribution in [0.1, 0.15) is 19.6 Å². The first kappa shape index (κ1) is 12.2. The van der Waals surface area contributed by atoms with Crippen LogP contribution in [0.5, 0.6) is 0 Å². The fraction of sp³-hybridized carbons (Fsp3) is 0.500. The predicted octanol–water partition coefficient (Wildman–Crippen LogP) is 0.223. The molecule has 1 aliphatic rings. The minimum atomic E-state index is -0.259. The van der Waals surface area contributed by atoms with Gasteiger partial charge in [-0.2, -0.15) is 4.98 Å². The Kier molecular flexibility index (Phi) is 2.79. The third-order valence-corrected chi connectivity index (χ3v) is 3.53. The van der Waals surface area contributed by atoms with Crippen molar-refractivity contribution >= 4 is 17.0 Å². The quantitative estimate of drug-likeness (QED) is 0.719. The van der Waals surface area contributed by atoms with Gasteiger partial charge >= 0.3 is 0 Å². The molecule has 0 aromatic carbocycles. The first-order chi connectivity index (χ1) is 9.10. The Morgan fingerprint density at radius 3 is 3.16 bits per heavy atom. The largest absolute Gasteiger partial charge is 0.394 e. The number of aromatic nitrogens is 3. The lowest BCUT2D eigenvalue weighted by Gasteiger charge is -2.18. The van der Waals surface area contributed by atoms with Crippen molar-refractivity contribution < 1.29 is 9.84 Å². The number of fused-ring (bicyclic) bond motifs is 1. The number of aliphatic hydroxyl groups is 1. The van der Waals surface area contributed by atoms with Crippen LogP contribution in [0.4, 0.5) is 5.95 Å². The van der Waals surface area contributed by atoms with E-state index in [2.05, 4.69) is 9.97 Å². The van der Waals surface area contributed by atoms with Crippen LogP contribution < -0.4 is 11.3 Å². The minimum Gasteiger partial charge on any atom is -0.394 e. The van der Waals surface area contributed by atoms with E-state index in [4.69, 9.17) is 10.5 Å². The van der Waals surface area contributed by atoms with E-state index in [9.17, 15) is 9.90 Å². The summed E-state index contributed by atoms with van der Waals surface area (Å²) < 4.78 is 7.58. The molecule has 2 aromatic heterocycles. The zero-order valence-corrected chi connectivity index (χ0v) is 10.5. The van der Waals surface area contributed by atoms with Crippen LogP contribution >= 0.6 is 0 Å². The molecule has 102 valence electrons. The summed E-state index contributed by atoms with van der Waals surface area (Å²) in [4.78, 5) is 18.4. The Morgan fingerprint density at radius 1 is 1.68 bits per heavy atom. The monoisotopic (exact) mass is 264 g/mol. The zero-order chi connectivity index (χ0) is 13.6. The normalized spacial score (nSPS) is 27.2. The number of ether oxygens (including phenoxy) is 1.